The summed E-state index contributed by atoms with van der Waals surface area (Å²) in [6, 6.07) is 3.21. The van der Waals surface area contributed by atoms with Crippen LogP contribution in [0.5, 0.6) is 0 Å². The van der Waals surface area contributed by atoms with Gasteiger partial charge in [0, 0.05) is 36.2 Å². The van der Waals surface area contributed by atoms with Crippen LogP contribution in [0.25, 0.3) is 0 Å². The molecule has 0 fully saturated rings. The summed E-state index contributed by atoms with van der Waals surface area (Å²) in [6.07, 6.45) is 1.53. The van der Waals surface area contributed by atoms with Crippen molar-refractivity contribution in [3.8, 4) is 0 Å². The molecule has 3 nitrogen and oxygen atoms in total. The van der Waals surface area contributed by atoms with Crippen LogP contribution in [0.2, 0.25) is 0 Å². The number of hydrogen-bond donors (Lipinski definition) is 1. The lowest BCUT2D eigenvalue weighted by Gasteiger charge is -2.41. The smallest absolute Gasteiger partial charge is 0.123 e. The molecule has 108 valence electrons. The molecule has 1 N–H and O–H groups in total. The summed E-state index contributed by atoms with van der Waals surface area (Å²) >= 11 is 3.52. The van der Waals surface area contributed by atoms with Crippen LogP contribution in [0, 0.1) is 5.82 Å². The Kier molecular flexibility index (Phi) is 3.84. The molecule has 1 aromatic carbocycles. The highest BCUT2D eigenvalue weighted by Gasteiger charge is 2.33. The SMILES string of the molecule is COCC1CCN2C(CO)=C(Br)Cc3cc(F)cc1c32. The molecule has 0 saturated carbocycles. The fourth-order valence-corrected chi connectivity index (χ4v) is 3.88. The highest BCUT2D eigenvalue weighted by atomic mass is 79.9. The van der Waals surface area contributed by atoms with E-state index in [4.69, 9.17) is 4.74 Å². The fraction of sp³-hybridized carbons (Fsp3) is 0.467. The topological polar surface area (TPSA) is 32.7 Å². The van der Waals surface area contributed by atoms with Gasteiger partial charge in [-0.3, -0.25) is 0 Å². The molecule has 2 heterocycles. The van der Waals surface area contributed by atoms with E-state index in [2.05, 4.69) is 20.8 Å². The molecule has 20 heavy (non-hydrogen) atoms. The molecular formula is C15H17BrFNO2. The van der Waals surface area contributed by atoms with Crippen molar-refractivity contribution < 1.29 is 14.2 Å². The van der Waals surface area contributed by atoms with Crippen LogP contribution < -0.4 is 4.90 Å². The van der Waals surface area contributed by atoms with Crippen molar-refractivity contribution in [2.24, 2.45) is 0 Å². The first-order valence-electron chi connectivity index (χ1n) is 6.73. The van der Waals surface area contributed by atoms with Crippen LogP contribution in [-0.4, -0.2) is 32.0 Å². The van der Waals surface area contributed by atoms with Gasteiger partial charge in [-0.25, -0.2) is 4.39 Å². The summed E-state index contributed by atoms with van der Waals surface area (Å²) in [5, 5.41) is 9.60. The lowest BCUT2D eigenvalue weighted by molar-refractivity contribution is 0.174. The molecule has 0 aliphatic carbocycles. The molecule has 0 radical (unpaired) electrons. The third kappa shape index (κ3) is 2.18. The van der Waals surface area contributed by atoms with Crippen molar-refractivity contribution in [1.82, 2.24) is 0 Å². The predicted molar refractivity (Wildman–Crippen MR) is 79.7 cm³/mol. The Labute approximate surface area is 126 Å². The van der Waals surface area contributed by atoms with Gasteiger partial charge in [-0.15, -0.1) is 0 Å². The van der Waals surface area contributed by atoms with E-state index >= 15 is 0 Å². The van der Waals surface area contributed by atoms with Crippen molar-refractivity contribution in [3.63, 3.8) is 0 Å². The van der Waals surface area contributed by atoms with Crippen LogP contribution in [0.1, 0.15) is 23.5 Å². The first-order chi connectivity index (χ1) is 9.65. The Morgan fingerprint density at radius 3 is 3.00 bits per heavy atom. The van der Waals surface area contributed by atoms with Crippen LogP contribution in [-0.2, 0) is 11.2 Å². The average molecular weight is 342 g/mol. The maximum Gasteiger partial charge on any atom is 0.123 e. The summed E-state index contributed by atoms with van der Waals surface area (Å²) in [7, 11) is 1.67. The zero-order chi connectivity index (χ0) is 14.3. The van der Waals surface area contributed by atoms with Gasteiger partial charge >= 0.3 is 0 Å². The first kappa shape index (κ1) is 14.0. The second kappa shape index (κ2) is 5.47. The Morgan fingerprint density at radius 1 is 1.50 bits per heavy atom. The van der Waals surface area contributed by atoms with Crippen molar-refractivity contribution >= 4 is 21.6 Å². The van der Waals surface area contributed by atoms with E-state index in [1.165, 1.54) is 0 Å². The molecule has 1 unspecified atom stereocenters. The van der Waals surface area contributed by atoms with Crippen molar-refractivity contribution in [3.05, 3.63) is 39.3 Å². The number of halogens is 2. The van der Waals surface area contributed by atoms with E-state index in [-0.39, 0.29) is 18.3 Å². The number of hydrogen-bond acceptors (Lipinski definition) is 3. The molecule has 1 atom stereocenters. The van der Waals surface area contributed by atoms with Gasteiger partial charge in [0.15, 0.2) is 0 Å². The third-order valence-corrected chi connectivity index (χ3v) is 4.83. The number of aliphatic hydroxyl groups is 1. The van der Waals surface area contributed by atoms with E-state index < -0.39 is 0 Å². The second-order valence-corrected chi connectivity index (χ2v) is 6.24. The summed E-state index contributed by atoms with van der Waals surface area (Å²) in [6.45, 7) is 1.42. The minimum Gasteiger partial charge on any atom is -0.390 e. The van der Waals surface area contributed by atoms with Gasteiger partial charge in [0.25, 0.3) is 0 Å². The van der Waals surface area contributed by atoms with Crippen LogP contribution in [0.15, 0.2) is 22.3 Å². The minimum atomic E-state index is -0.200. The highest BCUT2D eigenvalue weighted by molar-refractivity contribution is 9.11. The summed E-state index contributed by atoms with van der Waals surface area (Å²) in [4.78, 5) is 2.11. The summed E-state index contributed by atoms with van der Waals surface area (Å²) in [5.41, 5.74) is 3.93. The Morgan fingerprint density at radius 2 is 2.30 bits per heavy atom. The molecule has 0 amide bonds. The largest absolute Gasteiger partial charge is 0.390 e. The molecular weight excluding hydrogens is 325 g/mol. The van der Waals surface area contributed by atoms with Crippen molar-refractivity contribution in [1.29, 1.82) is 0 Å². The van der Waals surface area contributed by atoms with E-state index in [0.717, 1.165) is 40.0 Å². The Balaban J connectivity index is 2.14. The molecule has 3 rings (SSSR count). The fourth-order valence-electron chi connectivity index (χ4n) is 3.24. The number of allylic oxidation sites excluding steroid dienone is 1. The monoisotopic (exact) mass is 341 g/mol. The normalized spacial score (nSPS) is 21.2. The molecule has 0 aromatic heterocycles. The maximum absolute atomic E-state index is 13.9. The second-order valence-electron chi connectivity index (χ2n) is 5.28. The maximum atomic E-state index is 13.9. The van der Waals surface area contributed by atoms with Gasteiger partial charge in [0.2, 0.25) is 0 Å². The van der Waals surface area contributed by atoms with Crippen molar-refractivity contribution in [2.75, 3.05) is 31.8 Å². The quantitative estimate of drug-likeness (QED) is 0.917. The zero-order valence-corrected chi connectivity index (χ0v) is 12.9. The Bertz CT molecular complexity index is 573. The zero-order valence-electron chi connectivity index (χ0n) is 11.3. The number of nitrogens with zero attached hydrogens (tertiary/aromatic N) is 1. The summed E-state index contributed by atoms with van der Waals surface area (Å²) < 4.78 is 20.1. The number of methoxy groups -OCH3 is 1. The lowest BCUT2D eigenvalue weighted by atomic mass is 9.85. The summed E-state index contributed by atoms with van der Waals surface area (Å²) in [5.74, 6) is 0.0203. The lowest BCUT2D eigenvalue weighted by Crippen LogP contribution is -2.36. The molecule has 5 heteroatoms. The predicted octanol–water partition coefficient (Wildman–Crippen LogP) is 2.92. The van der Waals surface area contributed by atoms with Crippen LogP contribution in [0.4, 0.5) is 10.1 Å². The third-order valence-electron chi connectivity index (χ3n) is 4.10. The first-order valence-corrected chi connectivity index (χ1v) is 7.52. The van der Waals surface area contributed by atoms with E-state index in [1.807, 2.05) is 0 Å². The molecule has 0 saturated heterocycles. The molecule has 0 spiro atoms. The van der Waals surface area contributed by atoms with E-state index in [9.17, 15) is 9.50 Å². The average Bonchev–Trinajstić information content (AvgIpc) is 2.41. The van der Waals surface area contributed by atoms with Gasteiger partial charge in [-0.1, -0.05) is 15.9 Å². The highest BCUT2D eigenvalue weighted by Crippen LogP contribution is 2.45. The van der Waals surface area contributed by atoms with Gasteiger partial charge in [0.05, 0.1) is 18.9 Å². The molecule has 0 bridgehead atoms. The van der Waals surface area contributed by atoms with E-state index in [1.54, 1.807) is 19.2 Å². The molecule has 2 aliphatic rings. The number of rotatable bonds is 3. The van der Waals surface area contributed by atoms with Crippen molar-refractivity contribution in [2.45, 2.75) is 18.8 Å². The number of anilines is 1. The van der Waals surface area contributed by atoms with Crippen LogP contribution in [0.3, 0.4) is 0 Å². The van der Waals surface area contributed by atoms with Crippen LogP contribution >= 0.6 is 15.9 Å². The number of aliphatic hydroxyl groups excluding tert-OH is 1. The number of benzene rings is 1. The van der Waals surface area contributed by atoms with E-state index in [0.29, 0.717) is 13.0 Å². The van der Waals surface area contributed by atoms with Gasteiger partial charge < -0.3 is 14.7 Å². The van der Waals surface area contributed by atoms with Gasteiger partial charge in [-0.05, 0) is 29.7 Å². The molecule has 2 aliphatic heterocycles. The number of ether oxygens (including phenoxy) is 1. The van der Waals surface area contributed by atoms with Gasteiger partial charge in [-0.2, -0.15) is 0 Å². The van der Waals surface area contributed by atoms with Gasteiger partial charge in [0.1, 0.15) is 5.82 Å². The minimum absolute atomic E-state index is 0.00815. The molecule has 1 aromatic rings. The standard InChI is InChI=1S/C15H17BrFNO2/c1-20-8-9-2-3-18-14(7-19)13(16)5-10-4-11(17)6-12(9)15(10)18/h4,6,9,19H,2-3,5,7-8H2,1H3. The Hall–Kier alpha value is -0.910.